The molecule has 1 aliphatic rings. The standard InChI is InChI=1S/C29H23ClN2O7/c1-3-16-38-29(37)22-6-4-5-7-23(22)32-26(34)24(30)25(27(32)35)31-20-12-8-19(9-13-20)28(36)39-21-14-10-18(11-15-21)17(2)33/h4-15,31H,3,16H2,1-2H3. The summed E-state index contributed by atoms with van der Waals surface area (Å²) in [6, 6.07) is 18.2. The lowest BCUT2D eigenvalue weighted by molar-refractivity contribution is -0.120. The van der Waals surface area contributed by atoms with E-state index >= 15 is 0 Å². The number of ether oxygens (including phenoxy) is 2. The Labute approximate surface area is 229 Å². The molecule has 0 bridgehead atoms. The van der Waals surface area contributed by atoms with E-state index in [0.29, 0.717) is 17.7 Å². The van der Waals surface area contributed by atoms with Crippen LogP contribution < -0.4 is 15.0 Å². The summed E-state index contributed by atoms with van der Waals surface area (Å²) in [5, 5.41) is 2.47. The van der Waals surface area contributed by atoms with E-state index in [0.717, 1.165) is 4.90 Å². The molecular formula is C29H23ClN2O7. The molecule has 1 N–H and O–H groups in total. The highest BCUT2D eigenvalue weighted by atomic mass is 35.5. The number of benzene rings is 3. The third kappa shape index (κ3) is 5.89. The van der Waals surface area contributed by atoms with Crippen LogP contribution in [0.1, 0.15) is 51.3 Å². The molecule has 1 heterocycles. The molecule has 0 unspecified atom stereocenters. The molecule has 0 fully saturated rings. The first-order valence-corrected chi connectivity index (χ1v) is 12.3. The predicted octanol–water partition coefficient (Wildman–Crippen LogP) is 5.11. The van der Waals surface area contributed by atoms with Crippen LogP contribution in [0.4, 0.5) is 11.4 Å². The molecule has 0 aromatic heterocycles. The van der Waals surface area contributed by atoms with Gasteiger partial charge < -0.3 is 14.8 Å². The van der Waals surface area contributed by atoms with Crippen LogP contribution in [0.2, 0.25) is 0 Å². The third-order valence-corrected chi connectivity index (χ3v) is 6.04. The fourth-order valence-corrected chi connectivity index (χ4v) is 3.91. The Hall–Kier alpha value is -4.76. The van der Waals surface area contributed by atoms with Crippen molar-refractivity contribution >= 4 is 52.5 Å². The maximum atomic E-state index is 13.2. The molecule has 1 aliphatic heterocycles. The van der Waals surface area contributed by atoms with Crippen molar-refractivity contribution in [3.05, 3.63) is 100 Å². The number of esters is 2. The number of halogens is 1. The second kappa shape index (κ2) is 11.7. The second-order valence-corrected chi connectivity index (χ2v) is 8.84. The highest BCUT2D eigenvalue weighted by molar-refractivity contribution is 6.53. The van der Waals surface area contributed by atoms with E-state index in [9.17, 15) is 24.0 Å². The van der Waals surface area contributed by atoms with Crippen molar-refractivity contribution in [2.75, 3.05) is 16.8 Å². The average molecular weight is 547 g/mol. The van der Waals surface area contributed by atoms with Crippen LogP contribution in [0.25, 0.3) is 0 Å². The number of nitrogens with zero attached hydrogens (tertiary/aromatic N) is 1. The number of para-hydroxylation sites is 1. The van der Waals surface area contributed by atoms with Gasteiger partial charge in [0.2, 0.25) is 0 Å². The highest BCUT2D eigenvalue weighted by Crippen LogP contribution is 2.32. The first kappa shape index (κ1) is 27.3. The molecule has 2 amide bonds. The van der Waals surface area contributed by atoms with Crippen LogP contribution in [-0.4, -0.2) is 36.1 Å². The lowest BCUT2D eigenvalue weighted by Gasteiger charge is -2.18. The zero-order valence-corrected chi connectivity index (χ0v) is 21.8. The maximum absolute atomic E-state index is 13.2. The largest absolute Gasteiger partial charge is 0.462 e. The molecule has 10 heteroatoms. The number of carbonyl (C=O) groups is 5. The van der Waals surface area contributed by atoms with Gasteiger partial charge in [-0.25, -0.2) is 14.5 Å². The van der Waals surface area contributed by atoms with Gasteiger partial charge in [0.1, 0.15) is 16.5 Å². The number of hydrogen-bond donors (Lipinski definition) is 1. The molecule has 0 saturated carbocycles. The van der Waals surface area contributed by atoms with Crippen molar-refractivity contribution in [1.82, 2.24) is 0 Å². The number of rotatable bonds is 9. The lowest BCUT2D eigenvalue weighted by Crippen LogP contribution is -2.33. The summed E-state index contributed by atoms with van der Waals surface area (Å²) in [6.45, 7) is 3.48. The summed E-state index contributed by atoms with van der Waals surface area (Å²) in [5.74, 6) is -2.66. The molecule has 198 valence electrons. The van der Waals surface area contributed by atoms with E-state index in [-0.39, 0.29) is 45.7 Å². The maximum Gasteiger partial charge on any atom is 0.343 e. The number of Topliss-reactive ketones (excluding diaryl/α,β-unsaturated/α-hetero) is 1. The van der Waals surface area contributed by atoms with Crippen LogP contribution in [-0.2, 0) is 14.3 Å². The van der Waals surface area contributed by atoms with Gasteiger partial charge >= 0.3 is 11.9 Å². The average Bonchev–Trinajstić information content (AvgIpc) is 3.15. The molecule has 0 atom stereocenters. The van der Waals surface area contributed by atoms with Crippen molar-refractivity contribution in [1.29, 1.82) is 0 Å². The van der Waals surface area contributed by atoms with E-state index < -0.39 is 23.8 Å². The Bertz CT molecular complexity index is 1490. The number of nitrogens with one attached hydrogen (secondary N) is 1. The minimum Gasteiger partial charge on any atom is -0.462 e. The van der Waals surface area contributed by atoms with Crippen LogP contribution in [0, 0.1) is 0 Å². The Kier molecular flexibility index (Phi) is 8.21. The number of imide groups is 1. The zero-order valence-electron chi connectivity index (χ0n) is 21.0. The Balaban J connectivity index is 1.48. The minimum atomic E-state index is -0.795. The van der Waals surface area contributed by atoms with Gasteiger partial charge in [-0.15, -0.1) is 0 Å². The first-order valence-electron chi connectivity index (χ1n) is 12.0. The van der Waals surface area contributed by atoms with Gasteiger partial charge in [0.15, 0.2) is 5.78 Å². The van der Waals surface area contributed by atoms with E-state index in [1.54, 1.807) is 24.3 Å². The lowest BCUT2D eigenvalue weighted by atomic mass is 10.1. The van der Waals surface area contributed by atoms with Crippen molar-refractivity contribution in [2.45, 2.75) is 20.3 Å². The molecule has 4 rings (SSSR count). The summed E-state index contributed by atoms with van der Waals surface area (Å²) < 4.78 is 10.5. The molecule has 0 aliphatic carbocycles. The molecule has 3 aromatic rings. The van der Waals surface area contributed by atoms with E-state index in [2.05, 4.69) is 5.32 Å². The number of anilines is 2. The Morgan fingerprint density at radius 2 is 1.49 bits per heavy atom. The quantitative estimate of drug-likeness (QED) is 0.170. The fourth-order valence-electron chi connectivity index (χ4n) is 3.70. The molecule has 3 aromatic carbocycles. The van der Waals surface area contributed by atoms with Crippen LogP contribution in [0.5, 0.6) is 5.75 Å². The monoisotopic (exact) mass is 546 g/mol. The van der Waals surface area contributed by atoms with Crippen LogP contribution in [0.15, 0.2) is 83.5 Å². The fraction of sp³-hybridized carbons (Fsp3) is 0.138. The molecule has 0 spiro atoms. The summed E-state index contributed by atoms with van der Waals surface area (Å²) in [7, 11) is 0. The summed E-state index contributed by atoms with van der Waals surface area (Å²) in [5.41, 5.74) is 1.03. The third-order valence-electron chi connectivity index (χ3n) is 5.69. The van der Waals surface area contributed by atoms with Crippen LogP contribution in [0.3, 0.4) is 0 Å². The van der Waals surface area contributed by atoms with Crippen molar-refractivity contribution in [3.8, 4) is 5.75 Å². The van der Waals surface area contributed by atoms with E-state index in [1.165, 1.54) is 55.5 Å². The normalized spacial score (nSPS) is 12.9. The SMILES string of the molecule is CCCOC(=O)c1ccccc1N1C(=O)C(Cl)=C(Nc2ccc(C(=O)Oc3ccc(C(C)=O)cc3)cc2)C1=O. The Morgan fingerprint density at radius 1 is 0.846 bits per heavy atom. The van der Waals surface area contributed by atoms with E-state index in [1.807, 2.05) is 6.92 Å². The number of ketones is 1. The highest BCUT2D eigenvalue weighted by Gasteiger charge is 2.40. The van der Waals surface area contributed by atoms with Gasteiger partial charge in [0.25, 0.3) is 11.8 Å². The van der Waals surface area contributed by atoms with Crippen molar-refractivity contribution in [3.63, 3.8) is 0 Å². The van der Waals surface area contributed by atoms with Gasteiger partial charge in [-0.05, 0) is 74.0 Å². The topological polar surface area (TPSA) is 119 Å². The summed E-state index contributed by atoms with van der Waals surface area (Å²) >= 11 is 6.23. The van der Waals surface area contributed by atoms with Gasteiger partial charge in [0, 0.05) is 11.3 Å². The minimum absolute atomic E-state index is 0.0529. The summed E-state index contributed by atoms with van der Waals surface area (Å²) in [6.07, 6.45) is 0.613. The Morgan fingerprint density at radius 3 is 2.13 bits per heavy atom. The number of hydrogen-bond acceptors (Lipinski definition) is 8. The molecule has 0 saturated heterocycles. The zero-order chi connectivity index (χ0) is 28.1. The van der Waals surface area contributed by atoms with Gasteiger partial charge in [0.05, 0.1) is 23.4 Å². The smallest absolute Gasteiger partial charge is 0.343 e. The van der Waals surface area contributed by atoms with E-state index in [4.69, 9.17) is 21.1 Å². The van der Waals surface area contributed by atoms with Gasteiger partial charge in [-0.2, -0.15) is 0 Å². The molecular weight excluding hydrogens is 524 g/mol. The number of amides is 2. The molecule has 0 radical (unpaired) electrons. The first-order chi connectivity index (χ1) is 18.7. The number of carbonyl (C=O) groups excluding carboxylic acids is 5. The molecule has 9 nitrogen and oxygen atoms in total. The summed E-state index contributed by atoms with van der Waals surface area (Å²) in [4.78, 5) is 63.4. The van der Waals surface area contributed by atoms with Crippen molar-refractivity contribution < 1.29 is 33.4 Å². The molecule has 39 heavy (non-hydrogen) atoms. The van der Waals surface area contributed by atoms with Gasteiger partial charge in [-0.1, -0.05) is 30.7 Å². The second-order valence-electron chi connectivity index (χ2n) is 8.46. The predicted molar refractivity (Wildman–Crippen MR) is 144 cm³/mol. The van der Waals surface area contributed by atoms with Gasteiger partial charge in [-0.3, -0.25) is 14.4 Å². The van der Waals surface area contributed by atoms with Crippen LogP contribution >= 0.6 is 11.6 Å². The van der Waals surface area contributed by atoms with Crippen molar-refractivity contribution in [2.24, 2.45) is 0 Å².